The second kappa shape index (κ2) is 7.61. The zero-order valence-electron chi connectivity index (χ0n) is 14.1. The summed E-state index contributed by atoms with van der Waals surface area (Å²) in [6, 6.07) is 7.40. The van der Waals surface area contributed by atoms with Crippen molar-refractivity contribution in [1.82, 2.24) is 0 Å². The molecule has 5 heteroatoms. The molecule has 0 aliphatic heterocycles. The first-order valence-electron chi connectivity index (χ1n) is 7.60. The second-order valence-electron chi connectivity index (χ2n) is 6.81. The number of hydrogen-bond acceptors (Lipinski definition) is 5. The van der Waals surface area contributed by atoms with Crippen LogP contribution in [0.5, 0.6) is 5.75 Å². The number of ether oxygens (including phenoxy) is 2. The fraction of sp³-hybridized carbons (Fsp3) is 0.588. The molecular formula is C17H28N2O3. The second-order valence-corrected chi connectivity index (χ2v) is 6.81. The largest absolute Gasteiger partial charge is 0.514 e. The predicted molar refractivity (Wildman–Crippen MR) is 88.0 cm³/mol. The van der Waals surface area contributed by atoms with Crippen molar-refractivity contribution in [2.45, 2.75) is 64.6 Å². The molecule has 0 saturated heterocycles. The van der Waals surface area contributed by atoms with E-state index in [2.05, 4.69) is 0 Å². The van der Waals surface area contributed by atoms with Gasteiger partial charge in [-0.05, 0) is 58.7 Å². The zero-order valence-corrected chi connectivity index (χ0v) is 14.1. The van der Waals surface area contributed by atoms with E-state index in [4.69, 9.17) is 20.9 Å². The molecule has 124 valence electrons. The molecule has 22 heavy (non-hydrogen) atoms. The molecule has 0 heterocycles. The minimum absolute atomic E-state index is 0.00336. The van der Waals surface area contributed by atoms with Gasteiger partial charge in [-0.2, -0.15) is 0 Å². The number of rotatable bonds is 5. The van der Waals surface area contributed by atoms with Crippen LogP contribution in [0.15, 0.2) is 24.3 Å². The summed E-state index contributed by atoms with van der Waals surface area (Å²) in [5.74, 6) is 0.623. The summed E-state index contributed by atoms with van der Waals surface area (Å²) in [6.45, 7) is 9.31. The molecule has 0 aromatic heterocycles. The van der Waals surface area contributed by atoms with Gasteiger partial charge in [-0.15, -0.1) is 0 Å². The van der Waals surface area contributed by atoms with Gasteiger partial charge in [0.05, 0.1) is 0 Å². The summed E-state index contributed by atoms with van der Waals surface area (Å²) in [5, 5.41) is 0. The fourth-order valence-corrected chi connectivity index (χ4v) is 2.20. The Kier molecular flexibility index (Phi) is 6.38. The molecule has 1 rings (SSSR count). The molecule has 0 spiro atoms. The molecule has 4 N–H and O–H groups in total. The Morgan fingerprint density at radius 1 is 1.14 bits per heavy atom. The van der Waals surface area contributed by atoms with Crippen LogP contribution in [-0.4, -0.2) is 23.8 Å². The summed E-state index contributed by atoms with van der Waals surface area (Å²) in [4.78, 5) is 11.6. The standard InChI is InChI=1S/C17H28N2O3/c1-11(18)10-15(12(2)19)13-6-8-14(9-7-13)21-16(20)22-17(3,4)5/h6-9,11-12,15H,10,18-19H2,1-5H3. The average Bonchev–Trinajstić information content (AvgIpc) is 2.34. The quantitative estimate of drug-likeness (QED) is 0.644. The highest BCUT2D eigenvalue weighted by molar-refractivity contribution is 5.64. The average molecular weight is 308 g/mol. The lowest BCUT2D eigenvalue weighted by molar-refractivity contribution is 0.0206. The van der Waals surface area contributed by atoms with Crippen molar-refractivity contribution in [3.8, 4) is 5.75 Å². The first-order chi connectivity index (χ1) is 10.1. The van der Waals surface area contributed by atoms with E-state index in [1.54, 1.807) is 32.9 Å². The number of nitrogens with two attached hydrogens (primary N) is 2. The zero-order chi connectivity index (χ0) is 16.9. The molecule has 5 nitrogen and oxygen atoms in total. The maximum absolute atomic E-state index is 11.6. The van der Waals surface area contributed by atoms with Crippen molar-refractivity contribution >= 4 is 6.16 Å². The summed E-state index contributed by atoms with van der Waals surface area (Å²) >= 11 is 0. The van der Waals surface area contributed by atoms with Gasteiger partial charge >= 0.3 is 6.16 Å². The Bertz CT molecular complexity index is 476. The van der Waals surface area contributed by atoms with Gasteiger partial charge in [0.2, 0.25) is 0 Å². The Hall–Kier alpha value is -1.59. The predicted octanol–water partition coefficient (Wildman–Crippen LogP) is 3.17. The van der Waals surface area contributed by atoms with E-state index >= 15 is 0 Å². The van der Waals surface area contributed by atoms with Crippen LogP contribution in [0.25, 0.3) is 0 Å². The molecule has 0 radical (unpaired) electrons. The monoisotopic (exact) mass is 308 g/mol. The lowest BCUT2D eigenvalue weighted by atomic mass is 9.87. The summed E-state index contributed by atoms with van der Waals surface area (Å²) in [6.07, 6.45) is 0.101. The van der Waals surface area contributed by atoms with Gasteiger partial charge in [0.15, 0.2) is 0 Å². The van der Waals surface area contributed by atoms with Crippen LogP contribution in [-0.2, 0) is 4.74 Å². The molecule has 1 aromatic rings. The molecule has 0 saturated carbocycles. The Labute approximate surface area is 133 Å². The number of hydrogen-bond donors (Lipinski definition) is 2. The fourth-order valence-electron chi connectivity index (χ4n) is 2.20. The normalized spacial score (nSPS) is 15.8. The van der Waals surface area contributed by atoms with Crippen LogP contribution < -0.4 is 16.2 Å². The smallest absolute Gasteiger partial charge is 0.428 e. The van der Waals surface area contributed by atoms with Gasteiger partial charge < -0.3 is 20.9 Å². The van der Waals surface area contributed by atoms with E-state index < -0.39 is 11.8 Å². The topological polar surface area (TPSA) is 87.6 Å². The van der Waals surface area contributed by atoms with Crippen molar-refractivity contribution in [2.24, 2.45) is 11.5 Å². The van der Waals surface area contributed by atoms with E-state index in [0.717, 1.165) is 12.0 Å². The van der Waals surface area contributed by atoms with Crippen molar-refractivity contribution in [1.29, 1.82) is 0 Å². The highest BCUT2D eigenvalue weighted by atomic mass is 16.7. The Morgan fingerprint density at radius 2 is 1.68 bits per heavy atom. The molecule has 0 amide bonds. The first kappa shape index (κ1) is 18.5. The number of carbonyl (C=O) groups is 1. The van der Waals surface area contributed by atoms with Crippen LogP contribution in [0.2, 0.25) is 0 Å². The highest BCUT2D eigenvalue weighted by Crippen LogP contribution is 2.26. The van der Waals surface area contributed by atoms with Crippen LogP contribution in [0.3, 0.4) is 0 Å². The summed E-state index contributed by atoms with van der Waals surface area (Å²) < 4.78 is 10.3. The van der Waals surface area contributed by atoms with Crippen molar-refractivity contribution in [2.75, 3.05) is 0 Å². The SMILES string of the molecule is CC(N)CC(c1ccc(OC(=O)OC(C)(C)C)cc1)C(C)N. The van der Waals surface area contributed by atoms with E-state index in [0.29, 0.717) is 5.75 Å². The van der Waals surface area contributed by atoms with Crippen molar-refractivity contribution < 1.29 is 14.3 Å². The highest BCUT2D eigenvalue weighted by Gasteiger charge is 2.20. The molecule has 0 fully saturated rings. The molecular weight excluding hydrogens is 280 g/mol. The number of benzene rings is 1. The third-order valence-electron chi connectivity index (χ3n) is 3.16. The van der Waals surface area contributed by atoms with Gasteiger partial charge in [0.25, 0.3) is 0 Å². The lowest BCUT2D eigenvalue weighted by Crippen LogP contribution is -2.30. The van der Waals surface area contributed by atoms with Gasteiger partial charge in [-0.3, -0.25) is 0 Å². The Morgan fingerprint density at radius 3 is 2.09 bits per heavy atom. The van der Waals surface area contributed by atoms with Gasteiger partial charge in [0, 0.05) is 18.0 Å². The molecule has 1 aromatic carbocycles. The number of carbonyl (C=O) groups excluding carboxylic acids is 1. The van der Waals surface area contributed by atoms with Crippen LogP contribution in [0.1, 0.15) is 52.5 Å². The van der Waals surface area contributed by atoms with E-state index in [9.17, 15) is 4.79 Å². The van der Waals surface area contributed by atoms with E-state index in [-0.39, 0.29) is 18.0 Å². The lowest BCUT2D eigenvalue weighted by Gasteiger charge is -2.23. The molecule has 0 aliphatic rings. The molecule has 0 bridgehead atoms. The van der Waals surface area contributed by atoms with Crippen LogP contribution in [0, 0.1) is 0 Å². The van der Waals surface area contributed by atoms with Gasteiger partial charge in [-0.1, -0.05) is 12.1 Å². The van der Waals surface area contributed by atoms with Crippen LogP contribution >= 0.6 is 0 Å². The molecule has 0 aliphatic carbocycles. The maximum Gasteiger partial charge on any atom is 0.514 e. The first-order valence-corrected chi connectivity index (χ1v) is 7.60. The minimum Gasteiger partial charge on any atom is -0.428 e. The minimum atomic E-state index is -0.709. The van der Waals surface area contributed by atoms with E-state index in [1.807, 2.05) is 26.0 Å². The molecule has 3 unspecified atom stereocenters. The Balaban J connectivity index is 2.75. The van der Waals surface area contributed by atoms with Crippen LogP contribution in [0.4, 0.5) is 4.79 Å². The van der Waals surface area contributed by atoms with Crippen molar-refractivity contribution in [3.05, 3.63) is 29.8 Å². The van der Waals surface area contributed by atoms with E-state index in [1.165, 1.54) is 0 Å². The third-order valence-corrected chi connectivity index (χ3v) is 3.16. The van der Waals surface area contributed by atoms with Gasteiger partial charge in [0.1, 0.15) is 11.4 Å². The maximum atomic E-state index is 11.6. The summed E-state index contributed by atoms with van der Waals surface area (Å²) in [7, 11) is 0. The van der Waals surface area contributed by atoms with Crippen molar-refractivity contribution in [3.63, 3.8) is 0 Å². The van der Waals surface area contributed by atoms with Gasteiger partial charge in [-0.25, -0.2) is 4.79 Å². The third kappa shape index (κ3) is 6.45. The summed E-state index contributed by atoms with van der Waals surface area (Å²) in [5.41, 5.74) is 12.4. The molecule has 3 atom stereocenters.